The first kappa shape index (κ1) is 15.7. The van der Waals surface area contributed by atoms with Crippen molar-refractivity contribution in [2.24, 2.45) is 0 Å². The van der Waals surface area contributed by atoms with Crippen LogP contribution in [0.2, 0.25) is 0 Å². The maximum Gasteiger partial charge on any atom is 0.257 e. The van der Waals surface area contributed by atoms with Gasteiger partial charge in [0, 0.05) is 28.9 Å². The molecule has 5 heteroatoms. The summed E-state index contributed by atoms with van der Waals surface area (Å²) >= 11 is 3.62. The molecule has 1 fully saturated rings. The van der Waals surface area contributed by atoms with Crippen molar-refractivity contribution in [3.63, 3.8) is 0 Å². The Morgan fingerprint density at radius 1 is 1.17 bits per heavy atom. The number of hydrogen-bond donors (Lipinski definition) is 1. The lowest BCUT2D eigenvalue weighted by Crippen LogP contribution is -2.46. The summed E-state index contributed by atoms with van der Waals surface area (Å²) in [6, 6.07) is 15.7. The van der Waals surface area contributed by atoms with E-state index in [-0.39, 0.29) is 18.2 Å². The standard InChI is InChI=1S/C19H19BrN2O2/c20-16-9-3-1-7-14(16)18-21-17-10-4-2-8-15(17)19(23)22(18)12-13-6-5-11-24-13/h1-4,7-10,13,18,21H,5-6,11-12H2. The fourth-order valence-electron chi connectivity index (χ4n) is 3.43. The largest absolute Gasteiger partial charge is 0.376 e. The number of halogens is 1. The van der Waals surface area contributed by atoms with Gasteiger partial charge in [0.25, 0.3) is 5.91 Å². The zero-order chi connectivity index (χ0) is 16.5. The molecule has 4 rings (SSSR count). The number of rotatable bonds is 3. The third-order valence-corrected chi connectivity index (χ3v) is 5.37. The SMILES string of the molecule is O=C1c2ccccc2NC(c2ccccc2Br)N1CC1CCCO1. The zero-order valence-corrected chi connectivity index (χ0v) is 14.8. The second kappa shape index (κ2) is 6.57. The van der Waals surface area contributed by atoms with Crippen molar-refractivity contribution >= 4 is 27.5 Å². The Morgan fingerprint density at radius 3 is 2.75 bits per heavy atom. The number of anilines is 1. The Hall–Kier alpha value is -1.85. The van der Waals surface area contributed by atoms with E-state index >= 15 is 0 Å². The highest BCUT2D eigenvalue weighted by Crippen LogP contribution is 2.36. The van der Waals surface area contributed by atoms with Crippen LogP contribution in [0.4, 0.5) is 5.69 Å². The van der Waals surface area contributed by atoms with Crippen molar-refractivity contribution in [3.8, 4) is 0 Å². The summed E-state index contributed by atoms with van der Waals surface area (Å²) in [6.45, 7) is 1.39. The van der Waals surface area contributed by atoms with Gasteiger partial charge < -0.3 is 15.0 Å². The minimum atomic E-state index is -0.202. The number of carbonyl (C=O) groups is 1. The molecule has 0 saturated carbocycles. The number of carbonyl (C=O) groups excluding carboxylic acids is 1. The highest BCUT2D eigenvalue weighted by atomic mass is 79.9. The van der Waals surface area contributed by atoms with Crippen LogP contribution >= 0.6 is 15.9 Å². The van der Waals surface area contributed by atoms with Gasteiger partial charge in [-0.1, -0.05) is 46.3 Å². The van der Waals surface area contributed by atoms with Crippen LogP contribution in [0.25, 0.3) is 0 Å². The minimum absolute atomic E-state index is 0.0561. The van der Waals surface area contributed by atoms with E-state index in [0.717, 1.165) is 40.7 Å². The van der Waals surface area contributed by atoms with Gasteiger partial charge >= 0.3 is 0 Å². The minimum Gasteiger partial charge on any atom is -0.376 e. The molecular formula is C19H19BrN2O2. The lowest BCUT2D eigenvalue weighted by molar-refractivity contribution is 0.0426. The van der Waals surface area contributed by atoms with Gasteiger partial charge in [-0.15, -0.1) is 0 Å². The monoisotopic (exact) mass is 386 g/mol. The quantitative estimate of drug-likeness (QED) is 0.859. The van der Waals surface area contributed by atoms with E-state index in [2.05, 4.69) is 21.2 Å². The van der Waals surface area contributed by atoms with Crippen LogP contribution in [-0.4, -0.2) is 30.1 Å². The molecule has 2 aliphatic rings. The number of benzene rings is 2. The van der Waals surface area contributed by atoms with Crippen molar-refractivity contribution in [3.05, 3.63) is 64.1 Å². The summed E-state index contributed by atoms with van der Waals surface area (Å²) in [7, 11) is 0. The number of nitrogens with one attached hydrogen (secondary N) is 1. The second-order valence-electron chi connectivity index (χ2n) is 6.21. The predicted octanol–water partition coefficient (Wildman–Crippen LogP) is 4.19. The van der Waals surface area contributed by atoms with E-state index in [1.165, 1.54) is 0 Å². The molecule has 24 heavy (non-hydrogen) atoms. The number of hydrogen-bond acceptors (Lipinski definition) is 3. The molecule has 2 aromatic carbocycles. The van der Waals surface area contributed by atoms with Gasteiger partial charge in [0.1, 0.15) is 6.17 Å². The van der Waals surface area contributed by atoms with Crippen LogP contribution < -0.4 is 5.32 Å². The van der Waals surface area contributed by atoms with Crippen molar-refractivity contribution in [2.75, 3.05) is 18.5 Å². The van der Waals surface area contributed by atoms with Gasteiger partial charge in [0.2, 0.25) is 0 Å². The summed E-state index contributed by atoms with van der Waals surface area (Å²) in [5.74, 6) is 0.0561. The van der Waals surface area contributed by atoms with E-state index in [4.69, 9.17) is 4.74 Å². The Bertz CT molecular complexity index is 759. The van der Waals surface area contributed by atoms with Gasteiger partial charge in [-0.05, 0) is 31.0 Å². The van der Waals surface area contributed by atoms with Crippen LogP contribution in [0.5, 0.6) is 0 Å². The highest BCUT2D eigenvalue weighted by Gasteiger charge is 2.35. The molecule has 1 saturated heterocycles. The molecular weight excluding hydrogens is 368 g/mol. The number of ether oxygens (including phenoxy) is 1. The lowest BCUT2D eigenvalue weighted by Gasteiger charge is -2.39. The molecule has 2 unspecified atom stereocenters. The fourth-order valence-corrected chi connectivity index (χ4v) is 3.93. The number of nitrogens with zero attached hydrogens (tertiary/aromatic N) is 1. The molecule has 2 aliphatic heterocycles. The molecule has 2 atom stereocenters. The van der Waals surface area contributed by atoms with Gasteiger partial charge in [-0.2, -0.15) is 0 Å². The first-order valence-electron chi connectivity index (χ1n) is 8.26. The average Bonchev–Trinajstić information content (AvgIpc) is 3.11. The third kappa shape index (κ3) is 2.82. The molecule has 2 aromatic rings. The molecule has 0 aromatic heterocycles. The van der Waals surface area contributed by atoms with E-state index in [1.54, 1.807) is 0 Å². The maximum absolute atomic E-state index is 13.1. The predicted molar refractivity (Wildman–Crippen MR) is 97.0 cm³/mol. The summed E-state index contributed by atoms with van der Waals surface area (Å²) in [5.41, 5.74) is 2.66. The molecule has 0 aliphatic carbocycles. The summed E-state index contributed by atoms with van der Waals surface area (Å²) in [5, 5.41) is 3.53. The molecule has 4 nitrogen and oxygen atoms in total. The van der Waals surface area contributed by atoms with Gasteiger partial charge in [0.05, 0.1) is 11.7 Å². The van der Waals surface area contributed by atoms with Crippen LogP contribution in [0, 0.1) is 0 Å². The van der Waals surface area contributed by atoms with Crippen molar-refractivity contribution < 1.29 is 9.53 Å². The van der Waals surface area contributed by atoms with E-state index in [1.807, 2.05) is 53.4 Å². The zero-order valence-electron chi connectivity index (χ0n) is 13.2. The molecule has 0 radical (unpaired) electrons. The van der Waals surface area contributed by atoms with Crippen molar-refractivity contribution in [1.82, 2.24) is 4.90 Å². The lowest BCUT2D eigenvalue weighted by atomic mass is 10.0. The summed E-state index contributed by atoms with van der Waals surface area (Å²) in [6.07, 6.45) is 1.99. The van der Waals surface area contributed by atoms with Crippen LogP contribution in [0.15, 0.2) is 53.0 Å². The van der Waals surface area contributed by atoms with Crippen LogP contribution in [0.1, 0.15) is 34.9 Å². The van der Waals surface area contributed by atoms with Crippen molar-refractivity contribution in [2.45, 2.75) is 25.1 Å². The summed E-state index contributed by atoms with van der Waals surface area (Å²) in [4.78, 5) is 15.0. The number of para-hydroxylation sites is 1. The molecule has 2 heterocycles. The number of amides is 1. The van der Waals surface area contributed by atoms with Gasteiger partial charge in [0.15, 0.2) is 0 Å². The molecule has 0 bridgehead atoms. The first-order valence-corrected chi connectivity index (χ1v) is 9.06. The van der Waals surface area contributed by atoms with E-state index < -0.39 is 0 Å². The third-order valence-electron chi connectivity index (χ3n) is 4.65. The first-order chi connectivity index (χ1) is 11.7. The van der Waals surface area contributed by atoms with Crippen LogP contribution in [0.3, 0.4) is 0 Å². The highest BCUT2D eigenvalue weighted by molar-refractivity contribution is 9.10. The van der Waals surface area contributed by atoms with Crippen LogP contribution in [-0.2, 0) is 4.74 Å². The average molecular weight is 387 g/mol. The molecule has 1 N–H and O–H groups in total. The maximum atomic E-state index is 13.1. The molecule has 0 spiro atoms. The Morgan fingerprint density at radius 2 is 1.96 bits per heavy atom. The Kier molecular flexibility index (Phi) is 4.29. The van der Waals surface area contributed by atoms with E-state index in [9.17, 15) is 4.79 Å². The molecule has 1 amide bonds. The van der Waals surface area contributed by atoms with Gasteiger partial charge in [-0.3, -0.25) is 4.79 Å². The number of fused-ring (bicyclic) bond motifs is 1. The Labute approximate surface area is 149 Å². The topological polar surface area (TPSA) is 41.6 Å². The normalized spacial score (nSPS) is 23.0. The molecule has 124 valence electrons. The fraction of sp³-hybridized carbons (Fsp3) is 0.316. The van der Waals surface area contributed by atoms with Gasteiger partial charge in [-0.25, -0.2) is 0 Å². The van der Waals surface area contributed by atoms with E-state index in [0.29, 0.717) is 6.54 Å². The smallest absolute Gasteiger partial charge is 0.257 e. The van der Waals surface area contributed by atoms with Crippen molar-refractivity contribution in [1.29, 1.82) is 0 Å². The second-order valence-corrected chi connectivity index (χ2v) is 7.06. The summed E-state index contributed by atoms with van der Waals surface area (Å²) < 4.78 is 6.77. The Balaban J connectivity index is 1.73.